The monoisotopic (exact) mass is 450 g/mol. The number of hydrogen-bond donors (Lipinski definition) is 3. The van der Waals surface area contributed by atoms with Crippen LogP contribution in [-0.4, -0.2) is 38.7 Å². The van der Waals surface area contributed by atoms with Crippen LogP contribution in [0.5, 0.6) is 11.5 Å². The number of guanidine groups is 1. The molecule has 7 nitrogen and oxygen atoms in total. The average molecular weight is 450 g/mol. The SMILES string of the molecule is CCC(C)NC(=O)CCN=C(N)Nc1cc(OC)ccc1OC.I. The van der Waals surface area contributed by atoms with Gasteiger partial charge in [-0.25, -0.2) is 0 Å². The predicted molar refractivity (Wildman–Crippen MR) is 108 cm³/mol. The van der Waals surface area contributed by atoms with Crippen LogP contribution in [0.1, 0.15) is 26.7 Å². The highest BCUT2D eigenvalue weighted by Gasteiger charge is 2.07. The fraction of sp³-hybridized carbons (Fsp3) is 0.500. The first-order valence-electron chi connectivity index (χ1n) is 7.58. The zero-order valence-electron chi connectivity index (χ0n) is 14.6. The van der Waals surface area contributed by atoms with Gasteiger partial charge in [-0.15, -0.1) is 24.0 Å². The van der Waals surface area contributed by atoms with E-state index in [0.717, 1.165) is 6.42 Å². The summed E-state index contributed by atoms with van der Waals surface area (Å²) in [6.45, 7) is 4.30. The number of amides is 1. The third-order valence-corrected chi connectivity index (χ3v) is 3.31. The third kappa shape index (κ3) is 7.71. The number of ether oxygens (including phenoxy) is 2. The van der Waals surface area contributed by atoms with Crippen LogP contribution in [0.2, 0.25) is 0 Å². The number of nitrogens with two attached hydrogens (primary N) is 1. The highest BCUT2D eigenvalue weighted by Crippen LogP contribution is 2.28. The molecule has 0 aromatic heterocycles. The molecule has 0 spiro atoms. The number of hydrogen-bond acceptors (Lipinski definition) is 4. The number of carbonyl (C=O) groups is 1. The molecule has 4 N–H and O–H groups in total. The number of nitrogens with one attached hydrogen (secondary N) is 2. The van der Waals surface area contributed by atoms with Gasteiger partial charge in [-0.1, -0.05) is 6.92 Å². The molecule has 1 rings (SSSR count). The van der Waals surface area contributed by atoms with Gasteiger partial charge in [-0.2, -0.15) is 0 Å². The van der Waals surface area contributed by atoms with E-state index < -0.39 is 0 Å². The molecule has 1 unspecified atom stereocenters. The second-order valence-electron chi connectivity index (χ2n) is 5.08. The number of aliphatic imine (C=N–C) groups is 1. The minimum absolute atomic E-state index is 0. The van der Waals surface area contributed by atoms with E-state index in [-0.39, 0.29) is 41.9 Å². The van der Waals surface area contributed by atoms with Gasteiger partial charge in [0.15, 0.2) is 5.96 Å². The molecule has 0 aliphatic rings. The summed E-state index contributed by atoms with van der Waals surface area (Å²) in [5.74, 6) is 1.48. The van der Waals surface area contributed by atoms with Crippen LogP contribution in [-0.2, 0) is 4.79 Å². The lowest BCUT2D eigenvalue weighted by atomic mass is 10.2. The Labute approximate surface area is 160 Å². The lowest BCUT2D eigenvalue weighted by Crippen LogP contribution is -2.32. The first-order chi connectivity index (χ1) is 11.0. The Hall–Kier alpha value is -1.71. The lowest BCUT2D eigenvalue weighted by Gasteiger charge is -2.12. The van der Waals surface area contributed by atoms with Crippen molar-refractivity contribution < 1.29 is 14.3 Å². The van der Waals surface area contributed by atoms with Crippen LogP contribution in [0.3, 0.4) is 0 Å². The largest absolute Gasteiger partial charge is 0.497 e. The van der Waals surface area contributed by atoms with E-state index >= 15 is 0 Å². The molecule has 0 saturated heterocycles. The average Bonchev–Trinajstić information content (AvgIpc) is 2.54. The molecule has 0 aliphatic carbocycles. The second kappa shape index (κ2) is 11.8. The molecule has 0 aliphatic heterocycles. The molecule has 0 heterocycles. The number of methoxy groups -OCH3 is 2. The van der Waals surface area contributed by atoms with Crippen molar-refractivity contribution >= 4 is 41.5 Å². The Morgan fingerprint density at radius 3 is 2.62 bits per heavy atom. The molecule has 136 valence electrons. The van der Waals surface area contributed by atoms with Gasteiger partial charge in [0.05, 0.1) is 26.5 Å². The van der Waals surface area contributed by atoms with Crippen molar-refractivity contribution in [2.75, 3.05) is 26.1 Å². The summed E-state index contributed by atoms with van der Waals surface area (Å²) >= 11 is 0. The summed E-state index contributed by atoms with van der Waals surface area (Å²) < 4.78 is 10.4. The van der Waals surface area contributed by atoms with E-state index in [1.807, 2.05) is 13.8 Å². The van der Waals surface area contributed by atoms with Crippen molar-refractivity contribution in [3.8, 4) is 11.5 Å². The Balaban J connectivity index is 0.00000529. The predicted octanol–water partition coefficient (Wildman–Crippen LogP) is 2.35. The molecule has 1 amide bonds. The standard InChI is InChI=1S/C16H26N4O3.HI/c1-5-11(2)19-15(21)8-9-18-16(17)20-13-10-12(22-3)6-7-14(13)23-4;/h6-7,10-11H,5,8-9H2,1-4H3,(H,19,21)(H3,17,18,20);1H. The number of anilines is 1. The number of rotatable bonds is 8. The summed E-state index contributed by atoms with van der Waals surface area (Å²) in [5, 5.41) is 5.83. The topological polar surface area (TPSA) is 98.0 Å². The van der Waals surface area contributed by atoms with Gasteiger partial charge in [-0.05, 0) is 25.5 Å². The lowest BCUT2D eigenvalue weighted by molar-refractivity contribution is -0.121. The maximum absolute atomic E-state index is 11.7. The highest BCUT2D eigenvalue weighted by atomic mass is 127. The van der Waals surface area contributed by atoms with E-state index in [4.69, 9.17) is 15.2 Å². The van der Waals surface area contributed by atoms with E-state index in [2.05, 4.69) is 15.6 Å². The van der Waals surface area contributed by atoms with E-state index in [1.54, 1.807) is 32.4 Å². The van der Waals surface area contributed by atoms with Crippen LogP contribution in [0.15, 0.2) is 23.2 Å². The van der Waals surface area contributed by atoms with Crippen molar-refractivity contribution in [2.45, 2.75) is 32.7 Å². The normalized spacial score (nSPS) is 11.9. The summed E-state index contributed by atoms with van der Waals surface area (Å²) in [4.78, 5) is 15.8. The van der Waals surface area contributed by atoms with Crippen LogP contribution in [0, 0.1) is 0 Å². The first-order valence-corrected chi connectivity index (χ1v) is 7.58. The van der Waals surface area contributed by atoms with E-state index in [9.17, 15) is 4.79 Å². The minimum Gasteiger partial charge on any atom is -0.497 e. The highest BCUT2D eigenvalue weighted by molar-refractivity contribution is 14.0. The van der Waals surface area contributed by atoms with Gasteiger partial charge >= 0.3 is 0 Å². The van der Waals surface area contributed by atoms with Crippen LogP contribution in [0.4, 0.5) is 5.69 Å². The Bertz CT molecular complexity index is 552. The van der Waals surface area contributed by atoms with Crippen molar-refractivity contribution in [3.63, 3.8) is 0 Å². The molecule has 0 fully saturated rings. The Kier molecular flexibility index (Phi) is 10.9. The zero-order chi connectivity index (χ0) is 17.2. The maximum Gasteiger partial charge on any atom is 0.222 e. The molecular weight excluding hydrogens is 423 g/mol. The fourth-order valence-corrected chi connectivity index (χ4v) is 1.82. The number of benzene rings is 1. The van der Waals surface area contributed by atoms with Crippen LogP contribution in [0.25, 0.3) is 0 Å². The van der Waals surface area contributed by atoms with Crippen LogP contribution >= 0.6 is 24.0 Å². The summed E-state index contributed by atoms with van der Waals surface area (Å²) in [7, 11) is 3.15. The number of halogens is 1. The number of carbonyl (C=O) groups excluding carboxylic acids is 1. The van der Waals surface area contributed by atoms with Crippen molar-refractivity contribution in [2.24, 2.45) is 10.7 Å². The van der Waals surface area contributed by atoms with Crippen LogP contribution < -0.4 is 25.8 Å². The molecule has 0 bridgehead atoms. The van der Waals surface area contributed by atoms with Gasteiger partial charge in [0, 0.05) is 18.5 Å². The molecule has 0 radical (unpaired) electrons. The second-order valence-corrected chi connectivity index (χ2v) is 5.08. The Morgan fingerprint density at radius 1 is 1.33 bits per heavy atom. The van der Waals surface area contributed by atoms with E-state index in [0.29, 0.717) is 30.2 Å². The summed E-state index contributed by atoms with van der Waals surface area (Å²) in [6, 6.07) is 5.49. The van der Waals surface area contributed by atoms with Gasteiger partial charge in [0.2, 0.25) is 5.91 Å². The van der Waals surface area contributed by atoms with Gasteiger partial charge in [0.25, 0.3) is 0 Å². The molecular formula is C16H27IN4O3. The van der Waals surface area contributed by atoms with Crippen molar-refractivity contribution in [1.29, 1.82) is 0 Å². The minimum atomic E-state index is -0.0325. The first kappa shape index (κ1) is 22.3. The molecule has 1 atom stereocenters. The van der Waals surface area contributed by atoms with Gasteiger partial charge in [-0.3, -0.25) is 9.79 Å². The Morgan fingerprint density at radius 2 is 2.04 bits per heavy atom. The quantitative estimate of drug-likeness (QED) is 0.321. The smallest absolute Gasteiger partial charge is 0.222 e. The van der Waals surface area contributed by atoms with Gasteiger partial charge in [0.1, 0.15) is 11.5 Å². The molecule has 1 aromatic carbocycles. The van der Waals surface area contributed by atoms with E-state index in [1.165, 1.54) is 0 Å². The number of nitrogens with zero attached hydrogens (tertiary/aromatic N) is 1. The summed E-state index contributed by atoms with van der Waals surface area (Å²) in [5.41, 5.74) is 6.50. The molecule has 8 heteroatoms. The van der Waals surface area contributed by atoms with Gasteiger partial charge < -0.3 is 25.8 Å². The molecule has 1 aromatic rings. The summed E-state index contributed by atoms with van der Waals surface area (Å²) in [6.07, 6.45) is 1.19. The molecule has 0 saturated carbocycles. The third-order valence-electron chi connectivity index (χ3n) is 3.31. The van der Waals surface area contributed by atoms with Crippen molar-refractivity contribution in [3.05, 3.63) is 18.2 Å². The maximum atomic E-state index is 11.7. The fourth-order valence-electron chi connectivity index (χ4n) is 1.82. The van der Waals surface area contributed by atoms with Crippen molar-refractivity contribution in [1.82, 2.24) is 5.32 Å². The zero-order valence-corrected chi connectivity index (χ0v) is 16.9. The molecule has 24 heavy (non-hydrogen) atoms.